The van der Waals surface area contributed by atoms with E-state index in [4.69, 9.17) is 10.00 Å². The Bertz CT molecular complexity index is 822. The predicted molar refractivity (Wildman–Crippen MR) is 101 cm³/mol. The minimum absolute atomic E-state index is 0.00279. The average molecular weight is 352 g/mol. The Hall–Kier alpha value is -3.00. The average Bonchev–Trinajstić information content (AvgIpc) is 2.58. The Morgan fingerprint density at radius 2 is 1.92 bits per heavy atom. The van der Waals surface area contributed by atoms with Crippen LogP contribution in [0.15, 0.2) is 42.5 Å². The Balaban J connectivity index is 2.50. The number of nitrogens with one attached hydrogen (secondary N) is 1. The molecule has 2 N–H and O–H groups in total. The number of anilines is 1. The molecule has 5 nitrogen and oxygen atoms in total. The Labute approximate surface area is 154 Å². The minimum Gasteiger partial charge on any atom is -0.491 e. The summed E-state index contributed by atoms with van der Waals surface area (Å²) >= 11 is 0. The van der Waals surface area contributed by atoms with Gasteiger partial charge in [0.2, 0.25) is 0 Å². The van der Waals surface area contributed by atoms with Crippen LogP contribution >= 0.6 is 0 Å². The molecule has 0 radical (unpaired) electrons. The second-order valence-electron chi connectivity index (χ2n) is 6.58. The predicted octanol–water partition coefficient (Wildman–Crippen LogP) is 4.46. The third-order valence-corrected chi connectivity index (χ3v) is 4.18. The van der Waals surface area contributed by atoms with E-state index in [0.717, 1.165) is 5.56 Å². The highest BCUT2D eigenvalue weighted by molar-refractivity contribution is 5.85. The highest BCUT2D eigenvalue weighted by Gasteiger charge is 2.39. The zero-order valence-corrected chi connectivity index (χ0v) is 15.5. The summed E-state index contributed by atoms with van der Waals surface area (Å²) in [6, 6.07) is 14.3. The molecule has 0 aromatic heterocycles. The standard InChI is InChI=1S/C21H24N2O3/c1-5-21(20(24)25,23-18-8-6-16(13-22)7-9-18)17-10-15(4)11-19(12-17)26-14(2)3/h6-12,14,23H,5H2,1-4H3,(H,24,25). The molecule has 1 unspecified atom stereocenters. The van der Waals surface area contributed by atoms with Gasteiger partial charge >= 0.3 is 5.97 Å². The fourth-order valence-corrected chi connectivity index (χ4v) is 2.90. The van der Waals surface area contributed by atoms with Crippen molar-refractivity contribution in [1.82, 2.24) is 0 Å². The zero-order chi connectivity index (χ0) is 19.3. The molecule has 0 bridgehead atoms. The number of rotatable bonds is 7. The summed E-state index contributed by atoms with van der Waals surface area (Å²) < 4.78 is 5.78. The molecule has 2 aromatic rings. The van der Waals surface area contributed by atoms with Crippen molar-refractivity contribution in [2.75, 3.05) is 5.32 Å². The van der Waals surface area contributed by atoms with Crippen molar-refractivity contribution in [3.63, 3.8) is 0 Å². The summed E-state index contributed by atoms with van der Waals surface area (Å²) in [7, 11) is 0. The van der Waals surface area contributed by atoms with Crippen LogP contribution in [0.2, 0.25) is 0 Å². The topological polar surface area (TPSA) is 82.4 Å². The summed E-state index contributed by atoms with van der Waals surface area (Å²) in [5.41, 5.74) is 1.43. The smallest absolute Gasteiger partial charge is 0.334 e. The van der Waals surface area contributed by atoms with E-state index in [1.54, 1.807) is 30.3 Å². The molecule has 0 saturated heterocycles. The van der Waals surface area contributed by atoms with Gasteiger partial charge in [0.1, 0.15) is 5.75 Å². The number of benzene rings is 2. The molecule has 0 saturated carbocycles. The van der Waals surface area contributed by atoms with Crippen LogP contribution in [-0.2, 0) is 10.3 Å². The molecule has 2 rings (SSSR count). The number of carbonyl (C=O) groups is 1. The van der Waals surface area contributed by atoms with Crippen molar-refractivity contribution in [2.24, 2.45) is 0 Å². The first kappa shape index (κ1) is 19.3. The first-order chi connectivity index (χ1) is 12.3. The number of carboxylic acid groups (broad SMARTS) is 1. The third kappa shape index (κ3) is 4.15. The van der Waals surface area contributed by atoms with Gasteiger partial charge in [0, 0.05) is 5.69 Å². The van der Waals surface area contributed by atoms with Gasteiger partial charge in [-0.3, -0.25) is 0 Å². The first-order valence-corrected chi connectivity index (χ1v) is 8.61. The molecule has 0 amide bonds. The molecule has 0 heterocycles. The first-order valence-electron chi connectivity index (χ1n) is 8.61. The fraction of sp³-hybridized carbons (Fsp3) is 0.333. The number of nitrogens with zero attached hydrogens (tertiary/aromatic N) is 1. The SMILES string of the molecule is CCC(Nc1ccc(C#N)cc1)(C(=O)O)c1cc(C)cc(OC(C)C)c1. The van der Waals surface area contributed by atoms with Gasteiger partial charge in [-0.2, -0.15) is 5.26 Å². The van der Waals surface area contributed by atoms with Crippen molar-refractivity contribution in [3.8, 4) is 11.8 Å². The lowest BCUT2D eigenvalue weighted by atomic mass is 9.85. The van der Waals surface area contributed by atoms with Gasteiger partial charge in [0.05, 0.1) is 17.7 Å². The maximum Gasteiger partial charge on any atom is 0.334 e. The Morgan fingerprint density at radius 1 is 1.27 bits per heavy atom. The number of nitriles is 1. The molecular weight excluding hydrogens is 328 g/mol. The van der Waals surface area contributed by atoms with Crippen LogP contribution in [0.3, 0.4) is 0 Å². The molecule has 0 spiro atoms. The van der Waals surface area contributed by atoms with E-state index in [1.807, 2.05) is 39.8 Å². The van der Waals surface area contributed by atoms with Crippen molar-refractivity contribution in [2.45, 2.75) is 45.8 Å². The van der Waals surface area contributed by atoms with Gasteiger partial charge in [-0.1, -0.05) is 13.0 Å². The molecule has 5 heteroatoms. The van der Waals surface area contributed by atoms with E-state index in [0.29, 0.717) is 29.0 Å². The van der Waals surface area contributed by atoms with Crippen LogP contribution < -0.4 is 10.1 Å². The third-order valence-electron chi connectivity index (χ3n) is 4.18. The minimum atomic E-state index is -1.30. The summed E-state index contributed by atoms with van der Waals surface area (Å²) in [6.07, 6.45) is 0.337. The highest BCUT2D eigenvalue weighted by atomic mass is 16.5. The number of carboxylic acids is 1. The number of aliphatic carboxylic acids is 1. The summed E-state index contributed by atoms with van der Waals surface area (Å²) in [5, 5.41) is 22.1. The highest BCUT2D eigenvalue weighted by Crippen LogP contribution is 2.33. The summed E-state index contributed by atoms with van der Waals surface area (Å²) in [5.74, 6) is -0.318. The van der Waals surface area contributed by atoms with Gasteiger partial charge in [0.25, 0.3) is 0 Å². The van der Waals surface area contributed by atoms with Gasteiger partial charge < -0.3 is 15.2 Å². The van der Waals surface area contributed by atoms with Crippen LogP contribution in [-0.4, -0.2) is 17.2 Å². The quantitative estimate of drug-likeness (QED) is 0.769. The van der Waals surface area contributed by atoms with Gasteiger partial charge in [-0.25, -0.2) is 4.79 Å². The van der Waals surface area contributed by atoms with Crippen LogP contribution in [0.4, 0.5) is 5.69 Å². The number of hydrogen-bond acceptors (Lipinski definition) is 4. The zero-order valence-electron chi connectivity index (χ0n) is 15.5. The van der Waals surface area contributed by atoms with Crippen LogP contribution in [0.5, 0.6) is 5.75 Å². The van der Waals surface area contributed by atoms with E-state index in [1.165, 1.54) is 0 Å². The second-order valence-corrected chi connectivity index (χ2v) is 6.58. The van der Waals surface area contributed by atoms with E-state index in [-0.39, 0.29) is 6.10 Å². The van der Waals surface area contributed by atoms with E-state index in [9.17, 15) is 9.90 Å². The largest absolute Gasteiger partial charge is 0.491 e. The monoisotopic (exact) mass is 352 g/mol. The Morgan fingerprint density at radius 3 is 2.42 bits per heavy atom. The molecule has 0 aliphatic rings. The van der Waals surface area contributed by atoms with Gasteiger partial charge in [0.15, 0.2) is 5.54 Å². The molecule has 2 aromatic carbocycles. The van der Waals surface area contributed by atoms with Gasteiger partial charge in [-0.05, 0) is 74.7 Å². The van der Waals surface area contributed by atoms with Crippen molar-refractivity contribution in [3.05, 3.63) is 59.2 Å². The van der Waals surface area contributed by atoms with Crippen LogP contribution in [0, 0.1) is 18.3 Å². The summed E-state index contributed by atoms with van der Waals surface area (Å²) in [6.45, 7) is 7.61. The molecule has 0 fully saturated rings. The van der Waals surface area contributed by atoms with Crippen molar-refractivity contribution in [1.29, 1.82) is 5.26 Å². The molecular formula is C21H24N2O3. The number of aryl methyl sites for hydroxylation is 1. The van der Waals surface area contributed by atoms with Crippen molar-refractivity contribution < 1.29 is 14.6 Å². The number of hydrogen-bond donors (Lipinski definition) is 2. The normalized spacial score (nSPS) is 12.9. The molecule has 0 aliphatic heterocycles. The number of ether oxygens (including phenoxy) is 1. The molecule has 26 heavy (non-hydrogen) atoms. The molecule has 136 valence electrons. The second kappa shape index (κ2) is 7.92. The lowest BCUT2D eigenvalue weighted by Crippen LogP contribution is -2.43. The van der Waals surface area contributed by atoms with E-state index < -0.39 is 11.5 Å². The van der Waals surface area contributed by atoms with Crippen molar-refractivity contribution >= 4 is 11.7 Å². The lowest BCUT2D eigenvalue weighted by molar-refractivity contribution is -0.142. The van der Waals surface area contributed by atoms with Crippen LogP contribution in [0.25, 0.3) is 0 Å². The summed E-state index contributed by atoms with van der Waals surface area (Å²) in [4.78, 5) is 12.3. The molecule has 1 atom stereocenters. The maximum absolute atomic E-state index is 12.3. The fourth-order valence-electron chi connectivity index (χ4n) is 2.90. The molecule has 0 aliphatic carbocycles. The van der Waals surface area contributed by atoms with E-state index in [2.05, 4.69) is 11.4 Å². The maximum atomic E-state index is 12.3. The lowest BCUT2D eigenvalue weighted by Gasteiger charge is -2.32. The van der Waals surface area contributed by atoms with Crippen LogP contribution in [0.1, 0.15) is 43.9 Å². The van der Waals surface area contributed by atoms with Gasteiger partial charge in [-0.15, -0.1) is 0 Å². The van der Waals surface area contributed by atoms with E-state index >= 15 is 0 Å². The Kier molecular flexibility index (Phi) is 5.89.